The highest BCUT2D eigenvalue weighted by molar-refractivity contribution is 7.89. The van der Waals surface area contributed by atoms with E-state index in [-0.39, 0.29) is 17.2 Å². The van der Waals surface area contributed by atoms with Gasteiger partial charge in [-0.25, -0.2) is 8.42 Å². The van der Waals surface area contributed by atoms with Crippen molar-refractivity contribution >= 4 is 27.4 Å². The number of nitrogens with zero attached hydrogens (tertiary/aromatic N) is 1. The maximum Gasteiger partial charge on any atom is 0.243 e. The zero-order valence-corrected chi connectivity index (χ0v) is 17.0. The molecule has 0 aliphatic carbocycles. The van der Waals surface area contributed by atoms with E-state index in [1.165, 1.54) is 35.5 Å². The molecule has 3 rings (SSSR count). The van der Waals surface area contributed by atoms with Gasteiger partial charge in [0.25, 0.3) is 0 Å². The molecule has 28 heavy (non-hydrogen) atoms. The van der Waals surface area contributed by atoms with E-state index in [1.807, 2.05) is 12.1 Å². The monoisotopic (exact) mass is 420 g/mol. The number of nitrogens with one attached hydrogen (secondary N) is 1. The van der Waals surface area contributed by atoms with Crippen LogP contribution in [0.3, 0.4) is 0 Å². The number of hydrogen-bond donors (Lipinski definition) is 1. The van der Waals surface area contributed by atoms with Gasteiger partial charge in [0.1, 0.15) is 0 Å². The lowest BCUT2D eigenvalue weighted by molar-refractivity contribution is 0.0453. The summed E-state index contributed by atoms with van der Waals surface area (Å²) in [6.07, 6.45) is 2.32. The maximum absolute atomic E-state index is 12.8. The molecule has 1 aliphatic rings. The Morgan fingerprint density at radius 1 is 1.14 bits per heavy atom. The third-order valence-corrected chi connectivity index (χ3v) is 6.56. The van der Waals surface area contributed by atoms with Crippen molar-refractivity contribution in [2.75, 3.05) is 13.1 Å². The van der Waals surface area contributed by atoms with Gasteiger partial charge in [0, 0.05) is 35.8 Å². The van der Waals surface area contributed by atoms with E-state index >= 15 is 0 Å². The van der Waals surface area contributed by atoms with Crippen molar-refractivity contribution in [1.29, 1.82) is 0 Å². The minimum atomic E-state index is -3.60. The van der Waals surface area contributed by atoms with Gasteiger partial charge in [0.2, 0.25) is 10.0 Å². The van der Waals surface area contributed by atoms with E-state index in [9.17, 15) is 13.2 Å². The molecule has 0 amide bonds. The van der Waals surface area contributed by atoms with Crippen LogP contribution in [0, 0.1) is 0 Å². The number of carbonyl (C=O) groups is 1. The Morgan fingerprint density at radius 2 is 1.82 bits per heavy atom. The molecule has 2 aromatic rings. The first-order chi connectivity index (χ1) is 13.4. The summed E-state index contributed by atoms with van der Waals surface area (Å²) in [5, 5.41) is 0.670. The lowest BCUT2D eigenvalue weighted by Crippen LogP contribution is -2.36. The van der Waals surface area contributed by atoms with Crippen molar-refractivity contribution in [1.82, 2.24) is 9.79 Å². The SMILES string of the molecule is CC(=O)c1ccc(S(=O)(=O)N2CC=C(NOCc3ccc(Cl)cc3)CC2)cc1. The van der Waals surface area contributed by atoms with Crippen molar-refractivity contribution in [2.45, 2.75) is 24.8 Å². The lowest BCUT2D eigenvalue weighted by atomic mass is 10.2. The molecule has 6 nitrogen and oxygen atoms in total. The third-order valence-electron chi connectivity index (χ3n) is 4.43. The van der Waals surface area contributed by atoms with E-state index in [0.29, 0.717) is 30.2 Å². The molecule has 0 bridgehead atoms. The number of sulfonamides is 1. The third kappa shape index (κ3) is 4.99. The number of benzene rings is 2. The van der Waals surface area contributed by atoms with Gasteiger partial charge >= 0.3 is 0 Å². The van der Waals surface area contributed by atoms with Gasteiger partial charge in [-0.3, -0.25) is 15.1 Å². The van der Waals surface area contributed by atoms with Crippen LogP contribution in [0.25, 0.3) is 0 Å². The highest BCUT2D eigenvalue weighted by Crippen LogP contribution is 2.20. The summed E-state index contributed by atoms with van der Waals surface area (Å²) in [7, 11) is -3.60. The number of ketones is 1. The quantitative estimate of drug-likeness (QED) is 0.547. The van der Waals surface area contributed by atoms with Crippen LogP contribution in [0.4, 0.5) is 0 Å². The first-order valence-corrected chi connectivity index (χ1v) is 10.6. The molecule has 0 spiro atoms. The molecule has 0 radical (unpaired) electrons. The Hall–Kier alpha value is -2.19. The second kappa shape index (κ2) is 8.87. The fraction of sp³-hybridized carbons (Fsp3) is 0.250. The molecule has 1 N–H and O–H groups in total. The smallest absolute Gasteiger partial charge is 0.243 e. The first kappa shape index (κ1) is 20.5. The first-order valence-electron chi connectivity index (χ1n) is 8.79. The van der Waals surface area contributed by atoms with Crippen molar-refractivity contribution in [3.05, 3.63) is 76.5 Å². The van der Waals surface area contributed by atoms with Crippen LogP contribution in [0.2, 0.25) is 5.02 Å². The molecule has 0 saturated heterocycles. The topological polar surface area (TPSA) is 75.7 Å². The predicted octanol–water partition coefficient (Wildman–Crippen LogP) is 3.54. The molecule has 8 heteroatoms. The number of Topliss-reactive ketones (excluding diaryl/α,β-unsaturated/α-hetero) is 1. The molecule has 0 atom stereocenters. The standard InChI is InChI=1S/C20H21ClN2O4S/c1-15(24)17-4-8-20(9-5-17)28(25,26)23-12-10-19(11-13-23)22-27-14-16-2-6-18(21)7-3-16/h2-10,22H,11-14H2,1H3. The summed E-state index contributed by atoms with van der Waals surface area (Å²) in [5.74, 6) is -0.0980. The Bertz CT molecular complexity index is 970. The van der Waals surface area contributed by atoms with E-state index in [0.717, 1.165) is 11.3 Å². The number of rotatable bonds is 7. The summed E-state index contributed by atoms with van der Waals surface area (Å²) >= 11 is 5.85. The minimum absolute atomic E-state index is 0.0980. The average molecular weight is 421 g/mol. The molecule has 1 aliphatic heterocycles. The van der Waals surface area contributed by atoms with Gasteiger partial charge in [-0.2, -0.15) is 4.31 Å². The largest absolute Gasteiger partial charge is 0.295 e. The highest BCUT2D eigenvalue weighted by atomic mass is 35.5. The Balaban J connectivity index is 1.56. The van der Waals surface area contributed by atoms with Crippen molar-refractivity contribution in [2.24, 2.45) is 0 Å². The normalized spacial score (nSPS) is 15.1. The molecular formula is C20H21ClN2O4S. The second-order valence-electron chi connectivity index (χ2n) is 6.44. The summed E-state index contributed by atoms with van der Waals surface area (Å²) in [6.45, 7) is 2.42. The highest BCUT2D eigenvalue weighted by Gasteiger charge is 2.26. The van der Waals surface area contributed by atoms with Crippen molar-refractivity contribution < 1.29 is 18.0 Å². The van der Waals surface area contributed by atoms with Crippen molar-refractivity contribution in [3.8, 4) is 0 Å². The lowest BCUT2D eigenvalue weighted by Gasteiger charge is -2.26. The van der Waals surface area contributed by atoms with Crippen LogP contribution in [-0.4, -0.2) is 31.6 Å². The summed E-state index contributed by atoms with van der Waals surface area (Å²) in [4.78, 5) is 17.0. The summed E-state index contributed by atoms with van der Waals surface area (Å²) in [5.41, 5.74) is 5.19. The van der Waals surface area contributed by atoms with Gasteiger partial charge in [-0.15, -0.1) is 0 Å². The molecule has 148 valence electrons. The number of hydrogen-bond acceptors (Lipinski definition) is 5. The van der Waals surface area contributed by atoms with Gasteiger partial charge in [-0.05, 0) is 42.8 Å². The Labute approximate surface area is 169 Å². The maximum atomic E-state index is 12.8. The number of carbonyl (C=O) groups excluding carboxylic acids is 1. The molecule has 0 saturated carbocycles. The summed E-state index contributed by atoms with van der Waals surface area (Å²) in [6, 6.07) is 13.4. The second-order valence-corrected chi connectivity index (χ2v) is 8.81. The van der Waals surface area contributed by atoms with Crippen LogP contribution in [0.15, 0.2) is 65.2 Å². The molecular weight excluding hydrogens is 400 g/mol. The summed E-state index contributed by atoms with van der Waals surface area (Å²) < 4.78 is 26.9. The predicted molar refractivity (Wildman–Crippen MR) is 107 cm³/mol. The molecule has 0 aromatic heterocycles. The minimum Gasteiger partial charge on any atom is -0.295 e. The average Bonchev–Trinajstić information content (AvgIpc) is 2.70. The Morgan fingerprint density at radius 3 is 2.39 bits per heavy atom. The molecule has 0 unspecified atom stereocenters. The zero-order chi connectivity index (χ0) is 20.1. The van der Waals surface area contributed by atoms with E-state index in [1.54, 1.807) is 18.2 Å². The van der Waals surface area contributed by atoms with Crippen molar-refractivity contribution in [3.63, 3.8) is 0 Å². The zero-order valence-electron chi connectivity index (χ0n) is 15.4. The number of halogens is 1. The van der Waals surface area contributed by atoms with E-state index in [4.69, 9.17) is 16.4 Å². The van der Waals surface area contributed by atoms with Gasteiger partial charge < -0.3 is 0 Å². The van der Waals surface area contributed by atoms with Gasteiger partial charge in [0.05, 0.1) is 11.5 Å². The fourth-order valence-corrected chi connectivity index (χ4v) is 4.27. The molecule has 2 aromatic carbocycles. The Kier molecular flexibility index (Phi) is 6.51. The van der Waals surface area contributed by atoms with Crippen LogP contribution in [0.1, 0.15) is 29.3 Å². The van der Waals surface area contributed by atoms with Gasteiger partial charge in [-0.1, -0.05) is 35.9 Å². The van der Waals surface area contributed by atoms with Crippen LogP contribution in [-0.2, 0) is 21.5 Å². The van der Waals surface area contributed by atoms with E-state index in [2.05, 4.69) is 5.48 Å². The van der Waals surface area contributed by atoms with Crippen LogP contribution in [0.5, 0.6) is 0 Å². The molecule has 0 fully saturated rings. The van der Waals surface area contributed by atoms with Gasteiger partial charge in [0.15, 0.2) is 5.78 Å². The number of hydroxylamine groups is 1. The fourth-order valence-electron chi connectivity index (χ4n) is 2.76. The van der Waals surface area contributed by atoms with Crippen LogP contribution < -0.4 is 5.48 Å². The molecule has 1 heterocycles. The van der Waals surface area contributed by atoms with Crippen LogP contribution >= 0.6 is 11.6 Å². The van der Waals surface area contributed by atoms with E-state index < -0.39 is 10.0 Å².